The van der Waals surface area contributed by atoms with Gasteiger partial charge in [-0.3, -0.25) is 21.0 Å². The van der Waals surface area contributed by atoms with Crippen LogP contribution in [0.4, 0.5) is 5.69 Å². The largest absolute Gasteiger partial charge is 0.324 e. The molecule has 6 nitrogen and oxygen atoms in total. The average molecular weight is 167 g/mol. The first-order chi connectivity index (χ1) is 5.77. The van der Waals surface area contributed by atoms with Gasteiger partial charge in [-0.05, 0) is 12.1 Å². The second-order valence-electron chi connectivity index (χ2n) is 2.05. The lowest BCUT2D eigenvalue weighted by Gasteiger charge is -2.01. The zero-order valence-corrected chi connectivity index (χ0v) is 6.24. The molecule has 0 radical (unpaired) electrons. The standard InChI is InChI=1S/C6H9N5O/c7-10-4-1-2-9-5(3-4)6(12)11-8/h1-3H,7-8H2,(H,9,10)(H,11,12). The number of nitrogens with two attached hydrogens (primary N) is 2. The summed E-state index contributed by atoms with van der Waals surface area (Å²) in [5, 5.41) is 0. The van der Waals surface area contributed by atoms with Gasteiger partial charge in [0.05, 0.1) is 5.69 Å². The summed E-state index contributed by atoms with van der Waals surface area (Å²) in [7, 11) is 0. The van der Waals surface area contributed by atoms with Gasteiger partial charge in [-0.15, -0.1) is 0 Å². The maximum absolute atomic E-state index is 10.9. The molecule has 0 bridgehead atoms. The highest BCUT2D eigenvalue weighted by molar-refractivity contribution is 5.92. The number of carbonyl (C=O) groups excluding carboxylic acids is 1. The minimum atomic E-state index is -0.452. The molecule has 1 aromatic rings. The number of hydrazine groups is 2. The van der Waals surface area contributed by atoms with E-state index in [9.17, 15) is 4.79 Å². The minimum absolute atomic E-state index is 0.216. The molecule has 12 heavy (non-hydrogen) atoms. The molecule has 0 fully saturated rings. The van der Waals surface area contributed by atoms with Gasteiger partial charge < -0.3 is 5.43 Å². The van der Waals surface area contributed by atoms with E-state index in [-0.39, 0.29) is 5.69 Å². The third kappa shape index (κ3) is 1.68. The lowest BCUT2D eigenvalue weighted by atomic mass is 10.3. The topological polar surface area (TPSA) is 106 Å². The molecule has 0 unspecified atom stereocenters. The van der Waals surface area contributed by atoms with E-state index in [1.165, 1.54) is 12.3 Å². The van der Waals surface area contributed by atoms with Crippen molar-refractivity contribution in [1.82, 2.24) is 10.4 Å². The van der Waals surface area contributed by atoms with Crippen LogP contribution in [0.2, 0.25) is 0 Å². The van der Waals surface area contributed by atoms with Crippen molar-refractivity contribution in [3.63, 3.8) is 0 Å². The van der Waals surface area contributed by atoms with Gasteiger partial charge in [0, 0.05) is 6.20 Å². The Labute approximate surface area is 68.9 Å². The first-order valence-corrected chi connectivity index (χ1v) is 3.21. The van der Waals surface area contributed by atoms with Gasteiger partial charge in [0.15, 0.2) is 0 Å². The van der Waals surface area contributed by atoms with Crippen LogP contribution < -0.4 is 22.5 Å². The Morgan fingerprint density at radius 2 is 2.25 bits per heavy atom. The molecule has 6 N–H and O–H groups in total. The highest BCUT2D eigenvalue weighted by Crippen LogP contribution is 2.04. The third-order valence-electron chi connectivity index (χ3n) is 1.29. The maximum atomic E-state index is 10.9. The summed E-state index contributed by atoms with van der Waals surface area (Å²) in [5.74, 6) is 9.57. The van der Waals surface area contributed by atoms with Crippen LogP contribution in [0.1, 0.15) is 10.5 Å². The summed E-state index contributed by atoms with van der Waals surface area (Å²) in [5.41, 5.74) is 5.16. The Kier molecular flexibility index (Phi) is 2.57. The molecule has 1 amide bonds. The number of aromatic nitrogens is 1. The Hall–Kier alpha value is -1.66. The van der Waals surface area contributed by atoms with Gasteiger partial charge >= 0.3 is 0 Å². The maximum Gasteiger partial charge on any atom is 0.283 e. The molecule has 0 saturated heterocycles. The van der Waals surface area contributed by atoms with Crippen LogP contribution in [0, 0.1) is 0 Å². The summed E-state index contributed by atoms with van der Waals surface area (Å²) >= 11 is 0. The monoisotopic (exact) mass is 167 g/mol. The van der Waals surface area contributed by atoms with Gasteiger partial charge in [-0.1, -0.05) is 0 Å². The van der Waals surface area contributed by atoms with Crippen LogP contribution in [-0.2, 0) is 0 Å². The molecule has 0 spiro atoms. The number of anilines is 1. The normalized spacial score (nSPS) is 9.17. The average Bonchev–Trinajstić information content (AvgIpc) is 2.17. The second-order valence-corrected chi connectivity index (χ2v) is 2.05. The van der Waals surface area contributed by atoms with Crippen molar-refractivity contribution < 1.29 is 4.79 Å². The van der Waals surface area contributed by atoms with E-state index < -0.39 is 5.91 Å². The SMILES string of the molecule is NNC(=O)c1cc(NN)ccn1. The summed E-state index contributed by atoms with van der Waals surface area (Å²) in [6, 6.07) is 3.12. The molecular weight excluding hydrogens is 158 g/mol. The van der Waals surface area contributed by atoms with Gasteiger partial charge in [-0.25, -0.2) is 5.84 Å². The predicted octanol–water partition coefficient (Wildman–Crippen LogP) is -1.03. The molecule has 0 aromatic carbocycles. The van der Waals surface area contributed by atoms with Gasteiger partial charge in [0.2, 0.25) is 0 Å². The van der Waals surface area contributed by atoms with Crippen LogP contribution >= 0.6 is 0 Å². The number of hydrogen-bond donors (Lipinski definition) is 4. The second kappa shape index (κ2) is 3.65. The van der Waals surface area contributed by atoms with Crippen molar-refractivity contribution in [2.75, 3.05) is 5.43 Å². The highest BCUT2D eigenvalue weighted by atomic mass is 16.2. The first kappa shape index (κ1) is 8.44. The molecular formula is C6H9N5O. The Morgan fingerprint density at radius 1 is 1.50 bits per heavy atom. The van der Waals surface area contributed by atoms with E-state index in [4.69, 9.17) is 11.7 Å². The van der Waals surface area contributed by atoms with E-state index in [1.807, 2.05) is 5.43 Å². The van der Waals surface area contributed by atoms with Crippen LogP contribution in [0.5, 0.6) is 0 Å². The van der Waals surface area contributed by atoms with E-state index in [1.54, 1.807) is 6.07 Å². The smallest absolute Gasteiger partial charge is 0.283 e. The lowest BCUT2D eigenvalue weighted by Crippen LogP contribution is -2.30. The number of rotatable bonds is 2. The van der Waals surface area contributed by atoms with Crippen molar-refractivity contribution in [3.05, 3.63) is 24.0 Å². The minimum Gasteiger partial charge on any atom is -0.324 e. The number of carbonyl (C=O) groups is 1. The number of nitrogens with one attached hydrogen (secondary N) is 2. The van der Waals surface area contributed by atoms with Gasteiger partial charge in [0.1, 0.15) is 5.69 Å². The molecule has 0 aliphatic carbocycles. The summed E-state index contributed by atoms with van der Waals surface area (Å²) in [6.07, 6.45) is 1.46. The Balaban J connectivity index is 2.93. The van der Waals surface area contributed by atoms with Crippen molar-refractivity contribution in [3.8, 4) is 0 Å². The van der Waals surface area contributed by atoms with Crippen molar-refractivity contribution in [1.29, 1.82) is 0 Å². The lowest BCUT2D eigenvalue weighted by molar-refractivity contribution is 0.0949. The van der Waals surface area contributed by atoms with Gasteiger partial charge in [0.25, 0.3) is 5.91 Å². The fourth-order valence-electron chi connectivity index (χ4n) is 0.718. The number of hydrogen-bond acceptors (Lipinski definition) is 5. The fraction of sp³-hybridized carbons (Fsp3) is 0. The number of amides is 1. The van der Waals surface area contributed by atoms with Crippen molar-refractivity contribution in [2.24, 2.45) is 11.7 Å². The van der Waals surface area contributed by atoms with E-state index in [2.05, 4.69) is 10.4 Å². The Bertz CT molecular complexity index is 287. The van der Waals surface area contributed by atoms with Crippen molar-refractivity contribution >= 4 is 11.6 Å². The van der Waals surface area contributed by atoms with Gasteiger partial charge in [-0.2, -0.15) is 0 Å². The molecule has 0 aliphatic rings. The van der Waals surface area contributed by atoms with Crippen LogP contribution in [0.15, 0.2) is 18.3 Å². The van der Waals surface area contributed by atoms with Crippen LogP contribution in [0.25, 0.3) is 0 Å². The van der Waals surface area contributed by atoms with Crippen molar-refractivity contribution in [2.45, 2.75) is 0 Å². The molecule has 64 valence electrons. The summed E-state index contributed by atoms with van der Waals surface area (Å²) < 4.78 is 0. The molecule has 6 heteroatoms. The molecule has 0 atom stereocenters. The third-order valence-corrected chi connectivity index (χ3v) is 1.29. The zero-order valence-electron chi connectivity index (χ0n) is 6.24. The van der Waals surface area contributed by atoms with Crippen LogP contribution in [0.3, 0.4) is 0 Å². The zero-order chi connectivity index (χ0) is 8.97. The predicted molar refractivity (Wildman–Crippen MR) is 43.7 cm³/mol. The summed E-state index contributed by atoms with van der Waals surface area (Å²) in [6.45, 7) is 0. The number of pyridine rings is 1. The molecule has 1 heterocycles. The Morgan fingerprint density at radius 3 is 2.83 bits per heavy atom. The molecule has 0 aliphatic heterocycles. The molecule has 1 aromatic heterocycles. The first-order valence-electron chi connectivity index (χ1n) is 3.21. The fourth-order valence-corrected chi connectivity index (χ4v) is 0.718. The number of nitrogen functional groups attached to an aromatic ring is 2. The van der Waals surface area contributed by atoms with E-state index in [0.29, 0.717) is 5.69 Å². The summed E-state index contributed by atoms with van der Waals surface area (Å²) in [4.78, 5) is 14.7. The molecule has 0 saturated carbocycles. The number of nitrogens with zero attached hydrogens (tertiary/aromatic N) is 1. The van der Waals surface area contributed by atoms with Crippen LogP contribution in [-0.4, -0.2) is 10.9 Å². The van der Waals surface area contributed by atoms with E-state index in [0.717, 1.165) is 0 Å². The molecule has 1 rings (SSSR count). The van der Waals surface area contributed by atoms with E-state index >= 15 is 0 Å². The highest BCUT2D eigenvalue weighted by Gasteiger charge is 2.04. The quantitative estimate of drug-likeness (QED) is 0.256.